The van der Waals surface area contributed by atoms with Crippen LogP contribution in [0.5, 0.6) is 5.75 Å². The Kier molecular flexibility index (Phi) is 5.06. The van der Waals surface area contributed by atoms with E-state index < -0.39 is 10.0 Å². The van der Waals surface area contributed by atoms with Crippen molar-refractivity contribution in [3.63, 3.8) is 0 Å². The van der Waals surface area contributed by atoms with E-state index in [0.717, 1.165) is 12.8 Å². The van der Waals surface area contributed by atoms with Gasteiger partial charge in [-0.1, -0.05) is 15.9 Å². The Morgan fingerprint density at radius 2 is 2.05 bits per heavy atom. The van der Waals surface area contributed by atoms with Gasteiger partial charge < -0.3 is 10.5 Å². The number of nitrogens with two attached hydrogens (primary N) is 1. The monoisotopic (exact) mass is 362 g/mol. The van der Waals surface area contributed by atoms with Gasteiger partial charge in [-0.05, 0) is 43.5 Å². The van der Waals surface area contributed by atoms with Gasteiger partial charge in [0.1, 0.15) is 10.6 Å². The molecule has 0 saturated carbocycles. The van der Waals surface area contributed by atoms with Gasteiger partial charge in [0, 0.05) is 17.6 Å². The number of hydrogen-bond acceptors (Lipinski definition) is 4. The third-order valence-corrected chi connectivity index (χ3v) is 6.06. The van der Waals surface area contributed by atoms with Gasteiger partial charge in [-0.2, -0.15) is 4.31 Å². The van der Waals surface area contributed by atoms with Crippen molar-refractivity contribution in [3.8, 4) is 5.75 Å². The lowest BCUT2D eigenvalue weighted by Crippen LogP contribution is -2.40. The van der Waals surface area contributed by atoms with Crippen molar-refractivity contribution in [2.75, 3.05) is 26.7 Å². The molecule has 0 aliphatic carbocycles. The minimum atomic E-state index is -3.52. The number of methoxy groups -OCH3 is 1. The molecule has 0 atom stereocenters. The number of sulfonamides is 1. The van der Waals surface area contributed by atoms with Crippen molar-refractivity contribution >= 4 is 26.0 Å². The molecular weight excluding hydrogens is 344 g/mol. The second-order valence-electron chi connectivity index (χ2n) is 4.88. The number of piperidine rings is 1. The molecule has 0 bridgehead atoms. The van der Waals surface area contributed by atoms with E-state index in [0.29, 0.717) is 35.8 Å². The standard InChI is InChI=1S/C13H19BrN2O3S/c1-19-12-3-2-11(14)8-13(12)20(17,18)16-6-4-10(9-15)5-7-16/h2-3,8,10H,4-7,9,15H2,1H3. The summed E-state index contributed by atoms with van der Waals surface area (Å²) in [7, 11) is -2.05. The zero-order valence-electron chi connectivity index (χ0n) is 11.4. The summed E-state index contributed by atoms with van der Waals surface area (Å²) >= 11 is 3.31. The highest BCUT2D eigenvalue weighted by Gasteiger charge is 2.31. The second-order valence-corrected chi connectivity index (χ2v) is 7.70. The van der Waals surface area contributed by atoms with Gasteiger partial charge in [-0.15, -0.1) is 0 Å². The smallest absolute Gasteiger partial charge is 0.246 e. The summed E-state index contributed by atoms with van der Waals surface area (Å²) < 4.78 is 32.8. The molecule has 1 aromatic carbocycles. The van der Waals surface area contributed by atoms with Crippen LogP contribution in [0.1, 0.15) is 12.8 Å². The summed E-state index contributed by atoms with van der Waals surface area (Å²) in [4.78, 5) is 0.209. The van der Waals surface area contributed by atoms with E-state index in [4.69, 9.17) is 10.5 Å². The fraction of sp³-hybridized carbons (Fsp3) is 0.538. The Labute approximate surface area is 128 Å². The lowest BCUT2D eigenvalue weighted by Gasteiger charge is -2.30. The predicted molar refractivity (Wildman–Crippen MR) is 81.2 cm³/mol. The van der Waals surface area contributed by atoms with Crippen LogP contribution in [0.25, 0.3) is 0 Å². The van der Waals surface area contributed by atoms with Crippen LogP contribution in [0.4, 0.5) is 0 Å². The molecular formula is C13H19BrN2O3S. The quantitative estimate of drug-likeness (QED) is 0.886. The largest absolute Gasteiger partial charge is 0.495 e. The number of halogens is 1. The summed E-state index contributed by atoms with van der Waals surface area (Å²) in [6.07, 6.45) is 1.62. The first kappa shape index (κ1) is 15.8. The zero-order valence-corrected chi connectivity index (χ0v) is 13.8. The first-order valence-corrected chi connectivity index (χ1v) is 8.76. The zero-order chi connectivity index (χ0) is 14.8. The van der Waals surface area contributed by atoms with E-state index in [1.807, 2.05) is 0 Å². The molecule has 1 aliphatic heterocycles. The first-order chi connectivity index (χ1) is 9.48. The molecule has 112 valence electrons. The third-order valence-electron chi connectivity index (χ3n) is 3.65. The molecule has 2 rings (SSSR count). The van der Waals surface area contributed by atoms with Gasteiger partial charge in [-0.3, -0.25) is 0 Å². The molecule has 0 amide bonds. The lowest BCUT2D eigenvalue weighted by molar-refractivity contribution is 0.277. The molecule has 1 fully saturated rings. The highest BCUT2D eigenvalue weighted by molar-refractivity contribution is 9.10. The minimum absolute atomic E-state index is 0.209. The molecule has 0 aromatic heterocycles. The Bertz CT molecular complexity index is 569. The van der Waals surface area contributed by atoms with Crippen LogP contribution >= 0.6 is 15.9 Å². The van der Waals surface area contributed by atoms with E-state index in [1.165, 1.54) is 11.4 Å². The van der Waals surface area contributed by atoms with E-state index in [9.17, 15) is 8.42 Å². The third kappa shape index (κ3) is 3.16. The predicted octanol–water partition coefficient (Wildman–Crippen LogP) is 1.82. The van der Waals surface area contributed by atoms with Gasteiger partial charge in [0.15, 0.2) is 0 Å². The molecule has 7 heteroatoms. The number of benzene rings is 1. The SMILES string of the molecule is COc1ccc(Br)cc1S(=O)(=O)N1CCC(CN)CC1. The van der Waals surface area contributed by atoms with Crippen molar-refractivity contribution < 1.29 is 13.2 Å². The molecule has 5 nitrogen and oxygen atoms in total. The highest BCUT2D eigenvalue weighted by atomic mass is 79.9. The van der Waals surface area contributed by atoms with Crippen LogP contribution in [0, 0.1) is 5.92 Å². The highest BCUT2D eigenvalue weighted by Crippen LogP contribution is 2.31. The minimum Gasteiger partial charge on any atom is -0.495 e. The van der Waals surface area contributed by atoms with E-state index in [1.54, 1.807) is 18.2 Å². The average molecular weight is 363 g/mol. The van der Waals surface area contributed by atoms with Gasteiger partial charge in [0.25, 0.3) is 0 Å². The number of rotatable bonds is 4. The molecule has 0 unspecified atom stereocenters. The molecule has 2 N–H and O–H groups in total. The number of nitrogens with zero attached hydrogens (tertiary/aromatic N) is 1. The summed E-state index contributed by atoms with van der Waals surface area (Å²) in [5.74, 6) is 0.792. The van der Waals surface area contributed by atoms with Gasteiger partial charge in [0.05, 0.1) is 7.11 Å². The van der Waals surface area contributed by atoms with Crippen molar-refractivity contribution in [1.29, 1.82) is 0 Å². The Morgan fingerprint density at radius 1 is 1.40 bits per heavy atom. The van der Waals surface area contributed by atoms with Crippen molar-refractivity contribution in [3.05, 3.63) is 22.7 Å². The maximum atomic E-state index is 12.7. The van der Waals surface area contributed by atoms with Crippen LogP contribution in [0.3, 0.4) is 0 Å². The molecule has 20 heavy (non-hydrogen) atoms. The fourth-order valence-corrected chi connectivity index (χ4v) is 4.54. The fourth-order valence-electron chi connectivity index (χ4n) is 2.38. The average Bonchev–Trinajstić information content (AvgIpc) is 2.47. The Balaban J connectivity index is 2.29. The molecule has 0 spiro atoms. The van der Waals surface area contributed by atoms with Gasteiger partial charge in [0.2, 0.25) is 10.0 Å². The number of ether oxygens (including phenoxy) is 1. The molecule has 0 radical (unpaired) electrons. The van der Waals surface area contributed by atoms with Crippen LogP contribution < -0.4 is 10.5 Å². The van der Waals surface area contributed by atoms with Crippen LogP contribution in [0.15, 0.2) is 27.6 Å². The number of hydrogen-bond donors (Lipinski definition) is 1. The van der Waals surface area contributed by atoms with Crippen molar-refractivity contribution in [2.45, 2.75) is 17.7 Å². The van der Waals surface area contributed by atoms with E-state index in [-0.39, 0.29) is 4.90 Å². The lowest BCUT2D eigenvalue weighted by atomic mass is 9.99. The van der Waals surface area contributed by atoms with Crippen LogP contribution in [-0.4, -0.2) is 39.5 Å². The second kappa shape index (κ2) is 6.43. The summed E-state index contributed by atoms with van der Waals surface area (Å²) in [5.41, 5.74) is 5.64. The van der Waals surface area contributed by atoms with Crippen LogP contribution in [0.2, 0.25) is 0 Å². The molecule has 1 heterocycles. The topological polar surface area (TPSA) is 72.6 Å². The Morgan fingerprint density at radius 3 is 2.60 bits per heavy atom. The van der Waals surface area contributed by atoms with Gasteiger partial charge in [-0.25, -0.2) is 8.42 Å². The molecule has 1 aromatic rings. The Hall–Kier alpha value is -0.630. The normalized spacial score (nSPS) is 18.1. The molecule has 1 aliphatic rings. The maximum Gasteiger partial charge on any atom is 0.246 e. The summed E-state index contributed by atoms with van der Waals surface area (Å²) in [5, 5.41) is 0. The summed E-state index contributed by atoms with van der Waals surface area (Å²) in [6.45, 7) is 1.65. The van der Waals surface area contributed by atoms with E-state index in [2.05, 4.69) is 15.9 Å². The van der Waals surface area contributed by atoms with Gasteiger partial charge >= 0.3 is 0 Å². The van der Waals surface area contributed by atoms with Crippen molar-refractivity contribution in [1.82, 2.24) is 4.31 Å². The maximum absolute atomic E-state index is 12.7. The summed E-state index contributed by atoms with van der Waals surface area (Å²) in [6, 6.07) is 5.01. The first-order valence-electron chi connectivity index (χ1n) is 6.52. The van der Waals surface area contributed by atoms with Crippen molar-refractivity contribution in [2.24, 2.45) is 11.7 Å². The molecule has 1 saturated heterocycles. The van der Waals surface area contributed by atoms with Crippen LogP contribution in [-0.2, 0) is 10.0 Å². The van der Waals surface area contributed by atoms with E-state index >= 15 is 0 Å².